The molecule has 2 aromatic carbocycles. The Balaban J connectivity index is 1.81. The molecule has 19 heavy (non-hydrogen) atoms. The zero-order chi connectivity index (χ0) is 13.2. The Morgan fingerprint density at radius 1 is 1.11 bits per heavy atom. The largest absolute Gasteiger partial charge is 0.488 e. The van der Waals surface area contributed by atoms with Gasteiger partial charge < -0.3 is 10.1 Å². The van der Waals surface area contributed by atoms with Crippen LogP contribution in [-0.2, 0) is 6.42 Å². The number of nitrogens with one attached hydrogen (secondary N) is 1. The third kappa shape index (κ3) is 2.46. The average molecular weight is 274 g/mol. The van der Waals surface area contributed by atoms with Crippen LogP contribution in [0.25, 0.3) is 0 Å². The van der Waals surface area contributed by atoms with Crippen LogP contribution in [0.2, 0.25) is 5.02 Å². The summed E-state index contributed by atoms with van der Waals surface area (Å²) >= 11 is 5.89. The monoisotopic (exact) mass is 273 g/mol. The Morgan fingerprint density at radius 3 is 2.58 bits per heavy atom. The number of ether oxygens (including phenoxy) is 1. The molecule has 1 aliphatic carbocycles. The summed E-state index contributed by atoms with van der Waals surface area (Å²) in [7, 11) is 1.98. The maximum Gasteiger partial charge on any atom is 0.122 e. The topological polar surface area (TPSA) is 21.3 Å². The van der Waals surface area contributed by atoms with Gasteiger partial charge in [-0.2, -0.15) is 0 Å². The van der Waals surface area contributed by atoms with Crippen LogP contribution < -0.4 is 10.1 Å². The van der Waals surface area contributed by atoms with E-state index in [2.05, 4.69) is 29.6 Å². The molecule has 0 bridgehead atoms. The molecule has 2 nitrogen and oxygen atoms in total. The highest BCUT2D eigenvalue weighted by Crippen LogP contribution is 2.33. The second-order valence-corrected chi connectivity index (χ2v) is 5.22. The van der Waals surface area contributed by atoms with Crippen LogP contribution in [0.4, 0.5) is 0 Å². The number of fused-ring (bicyclic) bond motifs is 1. The molecule has 0 saturated carbocycles. The first-order valence-corrected chi connectivity index (χ1v) is 6.83. The van der Waals surface area contributed by atoms with Crippen molar-refractivity contribution in [1.29, 1.82) is 0 Å². The average Bonchev–Trinajstić information content (AvgIpc) is 2.78. The fourth-order valence-corrected chi connectivity index (χ4v) is 2.82. The molecule has 0 aliphatic heterocycles. The van der Waals surface area contributed by atoms with Crippen LogP contribution in [0.15, 0.2) is 48.5 Å². The van der Waals surface area contributed by atoms with Gasteiger partial charge in [-0.3, -0.25) is 0 Å². The van der Waals surface area contributed by atoms with Crippen LogP contribution in [0, 0.1) is 0 Å². The lowest BCUT2D eigenvalue weighted by Crippen LogP contribution is -2.30. The summed E-state index contributed by atoms with van der Waals surface area (Å²) in [6.45, 7) is 0. The highest BCUT2D eigenvalue weighted by atomic mass is 35.5. The Kier molecular flexibility index (Phi) is 3.45. The van der Waals surface area contributed by atoms with E-state index in [9.17, 15) is 0 Å². The summed E-state index contributed by atoms with van der Waals surface area (Å²) in [4.78, 5) is 0. The minimum absolute atomic E-state index is 0.128. The van der Waals surface area contributed by atoms with Gasteiger partial charge in [-0.25, -0.2) is 0 Å². The van der Waals surface area contributed by atoms with Gasteiger partial charge in [0.25, 0.3) is 0 Å². The van der Waals surface area contributed by atoms with Crippen molar-refractivity contribution in [2.45, 2.75) is 18.6 Å². The first-order valence-electron chi connectivity index (χ1n) is 6.45. The molecule has 98 valence electrons. The number of likely N-dealkylation sites (N-methyl/N-ethyl adjacent to an activating group) is 1. The van der Waals surface area contributed by atoms with E-state index in [-0.39, 0.29) is 12.1 Å². The second-order valence-electron chi connectivity index (χ2n) is 4.78. The van der Waals surface area contributed by atoms with Gasteiger partial charge in [0.15, 0.2) is 0 Å². The minimum Gasteiger partial charge on any atom is -0.488 e. The van der Waals surface area contributed by atoms with Crippen molar-refractivity contribution in [2.24, 2.45) is 0 Å². The Morgan fingerprint density at radius 2 is 1.84 bits per heavy atom. The molecular formula is C16H16ClNO. The summed E-state index contributed by atoms with van der Waals surface area (Å²) < 4.78 is 6.10. The van der Waals surface area contributed by atoms with Crippen LogP contribution in [0.5, 0.6) is 5.75 Å². The molecule has 3 heteroatoms. The number of hydrogen-bond donors (Lipinski definition) is 1. The maximum atomic E-state index is 6.10. The van der Waals surface area contributed by atoms with E-state index >= 15 is 0 Å². The van der Waals surface area contributed by atoms with E-state index in [1.807, 2.05) is 31.3 Å². The van der Waals surface area contributed by atoms with Crippen molar-refractivity contribution >= 4 is 11.6 Å². The fraction of sp³-hybridized carbons (Fsp3) is 0.250. The molecule has 2 aromatic rings. The van der Waals surface area contributed by atoms with E-state index in [4.69, 9.17) is 16.3 Å². The molecule has 0 radical (unpaired) electrons. The smallest absolute Gasteiger partial charge is 0.122 e. The first-order chi connectivity index (χ1) is 9.28. The second kappa shape index (κ2) is 5.24. The molecular weight excluding hydrogens is 258 g/mol. The maximum absolute atomic E-state index is 6.10. The van der Waals surface area contributed by atoms with Gasteiger partial charge in [-0.05, 0) is 42.4 Å². The number of rotatable bonds is 3. The van der Waals surface area contributed by atoms with Crippen LogP contribution in [-0.4, -0.2) is 13.2 Å². The molecule has 1 N–H and O–H groups in total. The highest BCUT2D eigenvalue weighted by Gasteiger charge is 2.32. The fourth-order valence-electron chi connectivity index (χ4n) is 2.70. The molecule has 0 saturated heterocycles. The van der Waals surface area contributed by atoms with Crippen LogP contribution >= 0.6 is 11.6 Å². The lowest BCUT2D eigenvalue weighted by molar-refractivity contribution is 0.171. The highest BCUT2D eigenvalue weighted by molar-refractivity contribution is 6.30. The third-order valence-electron chi connectivity index (χ3n) is 3.60. The summed E-state index contributed by atoms with van der Waals surface area (Å²) in [5.41, 5.74) is 2.70. The van der Waals surface area contributed by atoms with E-state index in [1.54, 1.807) is 0 Å². The van der Waals surface area contributed by atoms with Gasteiger partial charge in [0.1, 0.15) is 11.9 Å². The van der Waals surface area contributed by atoms with Crippen molar-refractivity contribution in [1.82, 2.24) is 5.32 Å². The molecule has 3 rings (SSSR count). The Labute approximate surface area is 118 Å². The van der Waals surface area contributed by atoms with Gasteiger partial charge in [0.2, 0.25) is 0 Å². The summed E-state index contributed by atoms with van der Waals surface area (Å²) in [6.07, 6.45) is 1.06. The van der Waals surface area contributed by atoms with Crippen molar-refractivity contribution < 1.29 is 4.74 Å². The van der Waals surface area contributed by atoms with Gasteiger partial charge in [-0.1, -0.05) is 35.9 Å². The van der Waals surface area contributed by atoms with Crippen molar-refractivity contribution in [2.75, 3.05) is 7.05 Å². The van der Waals surface area contributed by atoms with Crippen molar-refractivity contribution in [3.63, 3.8) is 0 Å². The van der Waals surface area contributed by atoms with E-state index in [1.165, 1.54) is 11.1 Å². The molecule has 2 atom stereocenters. The van der Waals surface area contributed by atoms with Gasteiger partial charge in [-0.15, -0.1) is 0 Å². The molecule has 0 spiro atoms. The number of benzene rings is 2. The Hall–Kier alpha value is -1.51. The molecule has 1 aliphatic rings. The molecule has 0 heterocycles. The predicted molar refractivity (Wildman–Crippen MR) is 77.8 cm³/mol. The van der Waals surface area contributed by atoms with Gasteiger partial charge in [0, 0.05) is 11.4 Å². The Bertz CT molecular complexity index is 567. The zero-order valence-electron chi connectivity index (χ0n) is 10.8. The molecule has 0 fully saturated rings. The quantitative estimate of drug-likeness (QED) is 0.923. The molecule has 0 aromatic heterocycles. The third-order valence-corrected chi connectivity index (χ3v) is 3.85. The molecule has 2 unspecified atom stereocenters. The minimum atomic E-state index is 0.128. The van der Waals surface area contributed by atoms with E-state index in [0.717, 1.165) is 17.2 Å². The zero-order valence-corrected chi connectivity index (χ0v) is 11.5. The van der Waals surface area contributed by atoms with E-state index in [0.29, 0.717) is 0 Å². The van der Waals surface area contributed by atoms with E-state index < -0.39 is 0 Å². The van der Waals surface area contributed by atoms with Gasteiger partial charge in [0.05, 0.1) is 6.04 Å². The summed E-state index contributed by atoms with van der Waals surface area (Å²) in [5.74, 6) is 0.863. The number of hydrogen-bond acceptors (Lipinski definition) is 2. The first kappa shape index (κ1) is 12.5. The predicted octanol–water partition coefficient (Wildman–Crippen LogP) is 3.60. The summed E-state index contributed by atoms with van der Waals surface area (Å²) in [5, 5.41) is 4.08. The van der Waals surface area contributed by atoms with Crippen LogP contribution in [0.1, 0.15) is 17.2 Å². The van der Waals surface area contributed by atoms with Crippen molar-refractivity contribution in [3.8, 4) is 5.75 Å². The normalized spacial score (nSPS) is 21.2. The SMILES string of the molecule is CNC1c2ccccc2CC1Oc1ccc(Cl)cc1. The lowest BCUT2D eigenvalue weighted by Gasteiger charge is -2.21. The molecule has 0 amide bonds. The lowest BCUT2D eigenvalue weighted by atomic mass is 10.1. The standard InChI is InChI=1S/C16H16ClNO/c1-18-16-14-5-3-2-4-11(14)10-15(16)19-13-8-6-12(17)7-9-13/h2-9,15-16,18H,10H2,1H3. The number of halogens is 1. The van der Waals surface area contributed by atoms with Crippen LogP contribution in [0.3, 0.4) is 0 Å². The summed E-state index contributed by atoms with van der Waals surface area (Å²) in [6, 6.07) is 16.3. The van der Waals surface area contributed by atoms with Crippen molar-refractivity contribution in [3.05, 3.63) is 64.7 Å². The van der Waals surface area contributed by atoms with Gasteiger partial charge >= 0.3 is 0 Å².